The third kappa shape index (κ3) is 31.9. The van der Waals surface area contributed by atoms with E-state index in [0.717, 1.165) is 51.5 Å². The zero-order valence-electron chi connectivity index (χ0n) is 34.6. The molecule has 0 aromatic rings. The van der Waals surface area contributed by atoms with E-state index in [1.165, 1.54) is 109 Å². The first-order valence-electron chi connectivity index (χ1n) is 21.7. The Bertz CT molecular complexity index is 812. The molecule has 2 N–H and O–H groups in total. The van der Waals surface area contributed by atoms with Gasteiger partial charge in [0.2, 0.25) is 11.8 Å². The van der Waals surface area contributed by atoms with Gasteiger partial charge in [0.15, 0.2) is 0 Å². The van der Waals surface area contributed by atoms with Gasteiger partial charge in [0.05, 0.1) is 13.0 Å². The van der Waals surface area contributed by atoms with E-state index in [-0.39, 0.29) is 23.7 Å². The fourth-order valence-corrected chi connectivity index (χ4v) is 7.52. The molecule has 0 rings (SSSR count). The van der Waals surface area contributed by atoms with Crippen molar-refractivity contribution >= 4 is 29.5 Å². The fraction of sp³-hybridized carbons (Fsp3) is 0.930. The quantitative estimate of drug-likeness (QED) is 0.0484. The minimum atomic E-state index is -0.558. The molecule has 0 saturated heterocycles. The predicted octanol–water partition coefficient (Wildman–Crippen LogP) is 10.9. The molecule has 0 aliphatic carbocycles. The standard InChI is InChI=1S/C43H85N3O4S/c1-7-11-15-19-21-24-28-38(27-23-17-13-9-3)37-50-41(47)32-36-51-35-31-40(43(49)44-33-34-46(5)6)45-42(48)39(29-25-18-14-10-4)30-26-22-20-16-12-8-2/h38-40H,7-37H2,1-6H3,(H,44,49)(H,45,48). The van der Waals surface area contributed by atoms with E-state index in [4.69, 9.17) is 4.74 Å². The van der Waals surface area contributed by atoms with Crippen LogP contribution < -0.4 is 10.6 Å². The molecule has 3 unspecified atom stereocenters. The summed E-state index contributed by atoms with van der Waals surface area (Å²) in [6.45, 7) is 10.8. The summed E-state index contributed by atoms with van der Waals surface area (Å²) in [4.78, 5) is 41.7. The number of amides is 2. The molecule has 0 aromatic carbocycles. The van der Waals surface area contributed by atoms with Crippen molar-refractivity contribution in [2.75, 3.05) is 45.3 Å². The number of carbonyl (C=O) groups excluding carboxylic acids is 3. The second kappa shape index (κ2) is 37.1. The van der Waals surface area contributed by atoms with Gasteiger partial charge in [-0.1, -0.05) is 156 Å². The smallest absolute Gasteiger partial charge is 0.306 e. The van der Waals surface area contributed by atoms with Crippen LogP contribution in [0.3, 0.4) is 0 Å². The normalized spacial score (nSPS) is 13.2. The lowest BCUT2D eigenvalue weighted by Gasteiger charge is -2.23. The van der Waals surface area contributed by atoms with Crippen LogP contribution in [0.1, 0.15) is 195 Å². The van der Waals surface area contributed by atoms with Crippen molar-refractivity contribution < 1.29 is 19.1 Å². The van der Waals surface area contributed by atoms with Crippen molar-refractivity contribution in [3.05, 3.63) is 0 Å². The number of hydrogen-bond acceptors (Lipinski definition) is 6. The van der Waals surface area contributed by atoms with Gasteiger partial charge in [-0.2, -0.15) is 11.8 Å². The summed E-state index contributed by atoms with van der Waals surface area (Å²) in [5.74, 6) is 1.61. The van der Waals surface area contributed by atoms with E-state index in [2.05, 4.69) is 38.3 Å². The minimum Gasteiger partial charge on any atom is -0.465 e. The number of likely N-dealkylation sites (N-methyl/N-ethyl adjacent to an activating group) is 1. The van der Waals surface area contributed by atoms with Crippen LogP contribution in [0.5, 0.6) is 0 Å². The van der Waals surface area contributed by atoms with Crippen LogP contribution in [0.4, 0.5) is 0 Å². The highest BCUT2D eigenvalue weighted by Gasteiger charge is 2.25. The summed E-state index contributed by atoms with van der Waals surface area (Å²) in [5.41, 5.74) is 0. The van der Waals surface area contributed by atoms with Gasteiger partial charge >= 0.3 is 5.97 Å². The van der Waals surface area contributed by atoms with Crippen molar-refractivity contribution in [2.45, 2.75) is 201 Å². The lowest BCUT2D eigenvalue weighted by molar-refractivity contribution is -0.144. The molecule has 7 nitrogen and oxygen atoms in total. The van der Waals surface area contributed by atoms with Crippen LogP contribution in [-0.4, -0.2) is 74.0 Å². The van der Waals surface area contributed by atoms with Crippen LogP contribution in [0, 0.1) is 11.8 Å². The minimum absolute atomic E-state index is 0.0339. The van der Waals surface area contributed by atoms with Crippen molar-refractivity contribution in [1.29, 1.82) is 0 Å². The maximum absolute atomic E-state index is 13.6. The maximum Gasteiger partial charge on any atom is 0.306 e. The molecule has 0 spiro atoms. The summed E-state index contributed by atoms with van der Waals surface area (Å²) in [6.07, 6.45) is 29.7. The molecule has 3 atom stereocenters. The molecule has 0 aliphatic heterocycles. The number of unbranched alkanes of at least 4 members (excludes halogenated alkanes) is 16. The van der Waals surface area contributed by atoms with Crippen LogP contribution in [0.15, 0.2) is 0 Å². The van der Waals surface area contributed by atoms with Crippen molar-refractivity contribution in [2.24, 2.45) is 11.8 Å². The van der Waals surface area contributed by atoms with Crippen molar-refractivity contribution in [1.82, 2.24) is 15.5 Å². The van der Waals surface area contributed by atoms with Crippen molar-refractivity contribution in [3.8, 4) is 0 Å². The summed E-state index contributed by atoms with van der Waals surface area (Å²) < 4.78 is 5.79. The van der Waals surface area contributed by atoms with Gasteiger partial charge in [0.25, 0.3) is 0 Å². The molecule has 0 saturated carbocycles. The van der Waals surface area contributed by atoms with Gasteiger partial charge in [0, 0.05) is 24.8 Å². The lowest BCUT2D eigenvalue weighted by Crippen LogP contribution is -2.49. The summed E-state index contributed by atoms with van der Waals surface area (Å²) in [6, 6.07) is -0.558. The Balaban J connectivity index is 4.98. The molecule has 51 heavy (non-hydrogen) atoms. The van der Waals surface area contributed by atoms with Crippen LogP contribution in [0.2, 0.25) is 0 Å². The summed E-state index contributed by atoms with van der Waals surface area (Å²) in [7, 11) is 3.98. The van der Waals surface area contributed by atoms with Gasteiger partial charge in [-0.25, -0.2) is 0 Å². The van der Waals surface area contributed by atoms with Crippen LogP contribution in [0.25, 0.3) is 0 Å². The predicted molar refractivity (Wildman–Crippen MR) is 221 cm³/mol. The average molecular weight is 740 g/mol. The Hall–Kier alpha value is -1.28. The molecule has 0 radical (unpaired) electrons. The molecule has 2 amide bonds. The van der Waals surface area contributed by atoms with Crippen molar-refractivity contribution in [3.63, 3.8) is 0 Å². The first kappa shape index (κ1) is 49.7. The first-order valence-corrected chi connectivity index (χ1v) is 22.9. The fourth-order valence-electron chi connectivity index (χ4n) is 6.61. The van der Waals surface area contributed by atoms with E-state index in [1.54, 1.807) is 11.8 Å². The van der Waals surface area contributed by atoms with Gasteiger partial charge in [0.1, 0.15) is 6.04 Å². The number of esters is 1. The number of rotatable bonds is 38. The SMILES string of the molecule is CCCCCCCCC(CCCCCC)COC(=O)CCSCCC(NC(=O)C(CCCCCC)CCCCCCCC)C(=O)NCCN(C)C. The topological polar surface area (TPSA) is 87.7 Å². The van der Waals surface area contributed by atoms with E-state index < -0.39 is 6.04 Å². The second-order valence-electron chi connectivity index (χ2n) is 15.4. The molecule has 0 aliphatic rings. The Morgan fingerprint density at radius 1 is 0.588 bits per heavy atom. The Kier molecular flexibility index (Phi) is 36.1. The van der Waals surface area contributed by atoms with Gasteiger partial charge in [-0.15, -0.1) is 0 Å². The highest BCUT2D eigenvalue weighted by Crippen LogP contribution is 2.22. The third-order valence-electron chi connectivity index (χ3n) is 10.1. The number of thioether (sulfide) groups is 1. The van der Waals surface area contributed by atoms with E-state index in [0.29, 0.717) is 43.4 Å². The molecule has 0 heterocycles. The molecular formula is C43H85N3O4S. The molecular weight excluding hydrogens is 655 g/mol. The Morgan fingerprint density at radius 3 is 1.57 bits per heavy atom. The van der Waals surface area contributed by atoms with E-state index >= 15 is 0 Å². The highest BCUT2D eigenvalue weighted by molar-refractivity contribution is 7.99. The summed E-state index contributed by atoms with van der Waals surface area (Å²) in [5, 5.41) is 6.22. The van der Waals surface area contributed by atoms with Gasteiger partial charge in [-0.05, 0) is 57.9 Å². The van der Waals surface area contributed by atoms with Crippen LogP contribution >= 0.6 is 11.8 Å². The number of carbonyl (C=O) groups is 3. The molecule has 0 fully saturated rings. The van der Waals surface area contributed by atoms with Crippen LogP contribution in [-0.2, 0) is 19.1 Å². The van der Waals surface area contributed by atoms with Gasteiger partial charge < -0.3 is 20.3 Å². The second-order valence-corrected chi connectivity index (χ2v) is 16.6. The Labute approximate surface area is 321 Å². The van der Waals surface area contributed by atoms with E-state index in [1.807, 2.05) is 19.0 Å². The maximum atomic E-state index is 13.6. The largest absolute Gasteiger partial charge is 0.465 e. The number of nitrogens with one attached hydrogen (secondary N) is 2. The van der Waals surface area contributed by atoms with E-state index in [9.17, 15) is 14.4 Å². The average Bonchev–Trinajstić information content (AvgIpc) is 3.11. The lowest BCUT2D eigenvalue weighted by atomic mass is 9.93. The third-order valence-corrected chi connectivity index (χ3v) is 11.1. The monoisotopic (exact) mass is 740 g/mol. The van der Waals surface area contributed by atoms with Gasteiger partial charge in [-0.3, -0.25) is 14.4 Å². The summed E-state index contributed by atoms with van der Waals surface area (Å²) >= 11 is 1.67. The molecule has 0 aromatic heterocycles. The number of ether oxygens (including phenoxy) is 1. The zero-order chi connectivity index (χ0) is 37.8. The highest BCUT2D eigenvalue weighted by atomic mass is 32.2. The molecule has 302 valence electrons. The number of hydrogen-bond donors (Lipinski definition) is 2. The first-order chi connectivity index (χ1) is 24.8. The molecule has 0 bridgehead atoms. The Morgan fingerprint density at radius 2 is 1.06 bits per heavy atom. The number of nitrogens with zero attached hydrogens (tertiary/aromatic N) is 1. The molecule has 8 heteroatoms. The zero-order valence-corrected chi connectivity index (χ0v) is 35.5.